The molecule has 86 valence electrons. The zero-order valence-electron chi connectivity index (χ0n) is 9.87. The number of benzene rings is 1. The van der Waals surface area contributed by atoms with Crippen LogP contribution in [0.1, 0.15) is 41.3 Å². The second-order valence-electron chi connectivity index (χ2n) is 3.81. The third-order valence-electron chi connectivity index (χ3n) is 2.37. The Morgan fingerprint density at radius 1 is 1.31 bits per heavy atom. The van der Waals surface area contributed by atoms with E-state index in [-0.39, 0.29) is 5.97 Å². The summed E-state index contributed by atoms with van der Waals surface area (Å²) in [6.07, 6.45) is 2.00. The maximum atomic E-state index is 11.3. The molecule has 0 radical (unpaired) electrons. The molecule has 0 aliphatic rings. The zero-order valence-corrected chi connectivity index (χ0v) is 9.87. The lowest BCUT2D eigenvalue weighted by atomic mass is 10.0. The maximum Gasteiger partial charge on any atom is 0.311 e. The third kappa shape index (κ3) is 2.92. The van der Waals surface area contributed by atoms with Gasteiger partial charge in [0.1, 0.15) is 5.75 Å². The van der Waals surface area contributed by atoms with Gasteiger partial charge < -0.3 is 4.74 Å². The molecule has 16 heavy (non-hydrogen) atoms. The van der Waals surface area contributed by atoms with Gasteiger partial charge in [0.25, 0.3) is 0 Å². The van der Waals surface area contributed by atoms with Gasteiger partial charge in [0, 0.05) is 12.0 Å². The molecule has 0 unspecified atom stereocenters. The molecule has 3 nitrogen and oxygen atoms in total. The minimum Gasteiger partial charge on any atom is -0.427 e. The molecule has 0 amide bonds. The Balaban J connectivity index is 2.91. The summed E-state index contributed by atoms with van der Waals surface area (Å²) in [5, 5.41) is 0. The van der Waals surface area contributed by atoms with Crippen LogP contribution in [0.25, 0.3) is 0 Å². The van der Waals surface area contributed by atoms with Gasteiger partial charge in [0.15, 0.2) is 6.29 Å². The number of ether oxygens (including phenoxy) is 1. The molecule has 0 fully saturated rings. The van der Waals surface area contributed by atoms with Gasteiger partial charge in [-0.05, 0) is 43.5 Å². The van der Waals surface area contributed by atoms with Gasteiger partial charge in [-0.25, -0.2) is 0 Å². The van der Waals surface area contributed by atoms with Crippen LogP contribution in [-0.2, 0) is 4.79 Å². The molecular formula is C13H16O3. The number of carbonyl (C=O) groups is 2. The van der Waals surface area contributed by atoms with Crippen molar-refractivity contribution in [3.05, 3.63) is 28.8 Å². The second-order valence-corrected chi connectivity index (χ2v) is 3.81. The summed E-state index contributed by atoms with van der Waals surface area (Å²) in [6.45, 7) is 5.58. The molecule has 3 heteroatoms. The topological polar surface area (TPSA) is 43.4 Å². The fourth-order valence-electron chi connectivity index (χ4n) is 1.57. The highest BCUT2D eigenvalue weighted by Gasteiger charge is 2.08. The molecule has 0 bridgehead atoms. The van der Waals surface area contributed by atoms with Crippen LogP contribution in [0.5, 0.6) is 5.75 Å². The van der Waals surface area contributed by atoms with E-state index in [2.05, 4.69) is 0 Å². The number of rotatable bonds is 4. The molecule has 0 atom stereocenters. The van der Waals surface area contributed by atoms with Crippen molar-refractivity contribution in [1.29, 1.82) is 0 Å². The van der Waals surface area contributed by atoms with Crippen molar-refractivity contribution >= 4 is 12.3 Å². The van der Waals surface area contributed by atoms with Gasteiger partial charge in [-0.2, -0.15) is 0 Å². The number of esters is 1. The molecule has 0 N–H and O–H groups in total. The van der Waals surface area contributed by atoms with Crippen molar-refractivity contribution in [3.8, 4) is 5.75 Å². The smallest absolute Gasteiger partial charge is 0.311 e. The Morgan fingerprint density at radius 2 is 1.88 bits per heavy atom. The molecule has 0 aromatic heterocycles. The minimum absolute atomic E-state index is 0.236. The first kappa shape index (κ1) is 12.4. The normalized spacial score (nSPS) is 9.94. The summed E-state index contributed by atoms with van der Waals surface area (Å²) >= 11 is 0. The van der Waals surface area contributed by atoms with Gasteiger partial charge in [0.2, 0.25) is 0 Å². The van der Waals surface area contributed by atoms with E-state index in [1.807, 2.05) is 20.8 Å². The van der Waals surface area contributed by atoms with E-state index in [0.29, 0.717) is 17.7 Å². The summed E-state index contributed by atoms with van der Waals surface area (Å²) in [5.41, 5.74) is 2.32. The van der Waals surface area contributed by atoms with Gasteiger partial charge in [0.05, 0.1) is 0 Å². The Bertz CT molecular complexity index is 385. The molecule has 1 aromatic rings. The fraction of sp³-hybridized carbons (Fsp3) is 0.385. The van der Waals surface area contributed by atoms with Crippen LogP contribution < -0.4 is 4.74 Å². The Hall–Kier alpha value is -1.64. The Kier molecular flexibility index (Phi) is 4.23. The lowest BCUT2D eigenvalue weighted by molar-refractivity contribution is -0.134. The molecule has 0 aliphatic heterocycles. The largest absolute Gasteiger partial charge is 0.427 e. The van der Waals surface area contributed by atoms with Gasteiger partial charge >= 0.3 is 5.97 Å². The Labute approximate surface area is 95.4 Å². The van der Waals surface area contributed by atoms with Crippen LogP contribution in [0.3, 0.4) is 0 Å². The number of aryl methyl sites for hydroxylation is 2. The van der Waals surface area contributed by atoms with Crippen molar-refractivity contribution in [1.82, 2.24) is 0 Å². The summed E-state index contributed by atoms with van der Waals surface area (Å²) < 4.78 is 5.16. The molecule has 0 aliphatic carbocycles. The summed E-state index contributed by atoms with van der Waals surface area (Å²) in [7, 11) is 0. The van der Waals surface area contributed by atoms with Gasteiger partial charge in [-0.1, -0.05) is 6.92 Å². The average Bonchev–Trinajstić information content (AvgIpc) is 2.17. The highest BCUT2D eigenvalue weighted by Crippen LogP contribution is 2.21. The monoisotopic (exact) mass is 220 g/mol. The van der Waals surface area contributed by atoms with E-state index in [0.717, 1.165) is 23.8 Å². The maximum absolute atomic E-state index is 11.3. The first-order valence-electron chi connectivity index (χ1n) is 5.35. The van der Waals surface area contributed by atoms with Crippen LogP contribution in [0.15, 0.2) is 12.1 Å². The van der Waals surface area contributed by atoms with E-state index in [9.17, 15) is 9.59 Å². The van der Waals surface area contributed by atoms with Crippen LogP contribution in [0, 0.1) is 13.8 Å². The lowest BCUT2D eigenvalue weighted by Crippen LogP contribution is -2.07. The number of aldehydes is 1. The van der Waals surface area contributed by atoms with Crippen LogP contribution in [0.2, 0.25) is 0 Å². The van der Waals surface area contributed by atoms with Crippen molar-refractivity contribution in [2.24, 2.45) is 0 Å². The first-order valence-corrected chi connectivity index (χ1v) is 5.35. The van der Waals surface area contributed by atoms with E-state index >= 15 is 0 Å². The standard InChI is InChI=1S/C13H16O3/c1-4-5-13(15)16-11-6-9(2)12(8-14)10(3)7-11/h6-8H,4-5H2,1-3H3. The molecule has 0 heterocycles. The molecule has 1 aromatic carbocycles. The first-order chi connectivity index (χ1) is 7.58. The van der Waals surface area contributed by atoms with E-state index < -0.39 is 0 Å². The Morgan fingerprint density at radius 3 is 2.31 bits per heavy atom. The van der Waals surface area contributed by atoms with Gasteiger partial charge in [-0.15, -0.1) is 0 Å². The third-order valence-corrected chi connectivity index (χ3v) is 2.37. The van der Waals surface area contributed by atoms with Crippen LogP contribution in [-0.4, -0.2) is 12.3 Å². The van der Waals surface area contributed by atoms with E-state index in [4.69, 9.17) is 4.74 Å². The highest BCUT2D eigenvalue weighted by molar-refractivity contribution is 5.80. The summed E-state index contributed by atoms with van der Waals surface area (Å²) in [4.78, 5) is 22.1. The van der Waals surface area contributed by atoms with Crippen LogP contribution in [0.4, 0.5) is 0 Å². The van der Waals surface area contributed by atoms with Gasteiger partial charge in [-0.3, -0.25) is 9.59 Å². The number of hydrogen-bond donors (Lipinski definition) is 0. The lowest BCUT2D eigenvalue weighted by Gasteiger charge is -2.08. The van der Waals surface area contributed by atoms with Crippen molar-refractivity contribution in [2.75, 3.05) is 0 Å². The fourth-order valence-corrected chi connectivity index (χ4v) is 1.57. The molecule has 0 saturated carbocycles. The average molecular weight is 220 g/mol. The van der Waals surface area contributed by atoms with Crippen molar-refractivity contribution in [2.45, 2.75) is 33.6 Å². The molecule has 0 saturated heterocycles. The van der Waals surface area contributed by atoms with Crippen molar-refractivity contribution < 1.29 is 14.3 Å². The molecule has 0 spiro atoms. The summed E-state index contributed by atoms with van der Waals surface area (Å²) in [5.74, 6) is 0.277. The predicted octanol–water partition coefficient (Wildman–Crippen LogP) is 2.82. The molecular weight excluding hydrogens is 204 g/mol. The van der Waals surface area contributed by atoms with E-state index in [1.165, 1.54) is 0 Å². The predicted molar refractivity (Wildman–Crippen MR) is 61.8 cm³/mol. The second kappa shape index (κ2) is 5.45. The highest BCUT2D eigenvalue weighted by atomic mass is 16.5. The quantitative estimate of drug-likeness (QED) is 0.445. The van der Waals surface area contributed by atoms with Crippen molar-refractivity contribution in [3.63, 3.8) is 0 Å². The minimum atomic E-state index is -0.236. The number of carbonyl (C=O) groups excluding carboxylic acids is 2. The SMILES string of the molecule is CCCC(=O)Oc1cc(C)c(C=O)c(C)c1. The number of hydrogen-bond acceptors (Lipinski definition) is 3. The summed E-state index contributed by atoms with van der Waals surface area (Å²) in [6, 6.07) is 3.43. The van der Waals surface area contributed by atoms with E-state index in [1.54, 1.807) is 12.1 Å². The zero-order chi connectivity index (χ0) is 12.1. The molecule has 1 rings (SSSR count). The van der Waals surface area contributed by atoms with Crippen LogP contribution >= 0.6 is 0 Å².